The third-order valence-corrected chi connectivity index (χ3v) is 4.34. The molecule has 0 radical (unpaired) electrons. The molecule has 0 atom stereocenters. The van der Waals surface area contributed by atoms with E-state index >= 15 is 0 Å². The van der Waals surface area contributed by atoms with Gasteiger partial charge in [0.25, 0.3) is 0 Å². The SMILES string of the molecule is Cc1ccc2[nH]cc(C(=O)C3(C)CCCC3)c2c1. The molecule has 1 fully saturated rings. The van der Waals surface area contributed by atoms with Gasteiger partial charge in [0.05, 0.1) is 0 Å². The molecule has 2 nitrogen and oxygen atoms in total. The smallest absolute Gasteiger partial charge is 0.170 e. The van der Waals surface area contributed by atoms with E-state index in [-0.39, 0.29) is 5.41 Å². The first-order valence-electron chi connectivity index (χ1n) is 6.73. The lowest BCUT2D eigenvalue weighted by Crippen LogP contribution is -2.24. The Kier molecular flexibility index (Phi) is 2.54. The lowest BCUT2D eigenvalue weighted by atomic mass is 9.81. The van der Waals surface area contributed by atoms with E-state index in [1.165, 1.54) is 18.4 Å². The van der Waals surface area contributed by atoms with Crippen LogP contribution in [0.2, 0.25) is 0 Å². The van der Waals surface area contributed by atoms with Crippen molar-refractivity contribution >= 4 is 16.7 Å². The summed E-state index contributed by atoms with van der Waals surface area (Å²) in [6.45, 7) is 4.19. The quantitative estimate of drug-likeness (QED) is 0.784. The molecule has 1 aliphatic rings. The first-order valence-corrected chi connectivity index (χ1v) is 6.73. The highest BCUT2D eigenvalue weighted by Gasteiger charge is 2.37. The highest BCUT2D eigenvalue weighted by atomic mass is 16.1. The van der Waals surface area contributed by atoms with E-state index in [2.05, 4.69) is 37.0 Å². The summed E-state index contributed by atoms with van der Waals surface area (Å²) in [6.07, 6.45) is 6.32. The Hall–Kier alpha value is -1.57. The number of rotatable bonds is 2. The molecule has 18 heavy (non-hydrogen) atoms. The monoisotopic (exact) mass is 241 g/mol. The van der Waals surface area contributed by atoms with Crippen LogP contribution in [0.1, 0.15) is 48.5 Å². The molecule has 1 aliphatic carbocycles. The average Bonchev–Trinajstić information content (AvgIpc) is 2.95. The molecular weight excluding hydrogens is 222 g/mol. The van der Waals surface area contributed by atoms with Crippen LogP contribution < -0.4 is 0 Å². The predicted octanol–water partition coefficient (Wildman–Crippen LogP) is 4.24. The number of hydrogen-bond donors (Lipinski definition) is 1. The minimum Gasteiger partial charge on any atom is -0.360 e. The summed E-state index contributed by atoms with van der Waals surface area (Å²) in [4.78, 5) is 16.0. The number of hydrogen-bond acceptors (Lipinski definition) is 1. The van der Waals surface area contributed by atoms with E-state index < -0.39 is 0 Å². The summed E-state index contributed by atoms with van der Waals surface area (Å²) in [6, 6.07) is 6.24. The third-order valence-electron chi connectivity index (χ3n) is 4.34. The van der Waals surface area contributed by atoms with Crippen molar-refractivity contribution < 1.29 is 4.79 Å². The van der Waals surface area contributed by atoms with Crippen molar-refractivity contribution in [1.29, 1.82) is 0 Å². The molecule has 0 aliphatic heterocycles. The number of benzene rings is 1. The van der Waals surface area contributed by atoms with Crippen LogP contribution in [0.15, 0.2) is 24.4 Å². The van der Waals surface area contributed by atoms with Crippen LogP contribution in [-0.2, 0) is 0 Å². The first-order chi connectivity index (χ1) is 8.60. The molecule has 2 heteroatoms. The van der Waals surface area contributed by atoms with E-state index in [1.54, 1.807) is 0 Å². The zero-order valence-electron chi connectivity index (χ0n) is 11.0. The van der Waals surface area contributed by atoms with Gasteiger partial charge in [-0.3, -0.25) is 4.79 Å². The zero-order valence-corrected chi connectivity index (χ0v) is 11.0. The van der Waals surface area contributed by atoms with Gasteiger partial charge in [-0.1, -0.05) is 31.4 Å². The van der Waals surface area contributed by atoms with Gasteiger partial charge in [0.15, 0.2) is 5.78 Å². The number of ketones is 1. The van der Waals surface area contributed by atoms with Crippen molar-refractivity contribution in [2.75, 3.05) is 0 Å². The Balaban J connectivity index is 2.09. The molecular formula is C16H19NO. The van der Waals surface area contributed by atoms with E-state index in [4.69, 9.17) is 0 Å². The van der Waals surface area contributed by atoms with Gasteiger partial charge in [-0.25, -0.2) is 0 Å². The standard InChI is InChI=1S/C16H19NO/c1-11-5-6-14-12(9-11)13(10-17-14)15(18)16(2)7-3-4-8-16/h5-6,9-10,17H,3-4,7-8H2,1-2H3. The molecule has 2 aromatic rings. The molecule has 94 valence electrons. The highest BCUT2D eigenvalue weighted by molar-refractivity contribution is 6.10. The number of aromatic nitrogens is 1. The maximum Gasteiger partial charge on any atom is 0.170 e. The molecule has 1 saturated carbocycles. The van der Waals surface area contributed by atoms with Crippen LogP contribution in [0, 0.1) is 12.3 Å². The Bertz CT molecular complexity index is 603. The van der Waals surface area contributed by atoms with Gasteiger partial charge in [-0.2, -0.15) is 0 Å². The van der Waals surface area contributed by atoms with E-state index in [0.717, 1.165) is 29.3 Å². The molecule has 0 bridgehead atoms. The van der Waals surface area contributed by atoms with Crippen LogP contribution in [0.5, 0.6) is 0 Å². The van der Waals surface area contributed by atoms with E-state index in [1.807, 2.05) is 6.20 Å². The third kappa shape index (κ3) is 1.67. The average molecular weight is 241 g/mol. The topological polar surface area (TPSA) is 32.9 Å². The second kappa shape index (κ2) is 3.98. The summed E-state index contributed by atoms with van der Waals surface area (Å²) >= 11 is 0. The zero-order chi connectivity index (χ0) is 12.8. The number of Topliss-reactive ketones (excluding diaryl/α,β-unsaturated/α-hetero) is 1. The van der Waals surface area contributed by atoms with Crippen molar-refractivity contribution in [3.63, 3.8) is 0 Å². The fraction of sp³-hybridized carbons (Fsp3) is 0.438. The van der Waals surface area contributed by atoms with Crippen molar-refractivity contribution in [3.8, 4) is 0 Å². The Morgan fingerprint density at radius 1 is 1.28 bits per heavy atom. The molecule has 3 rings (SSSR count). The predicted molar refractivity (Wildman–Crippen MR) is 73.9 cm³/mol. The fourth-order valence-electron chi connectivity index (χ4n) is 3.13. The normalized spacial score (nSPS) is 18.3. The van der Waals surface area contributed by atoms with Gasteiger partial charge >= 0.3 is 0 Å². The number of nitrogens with one attached hydrogen (secondary N) is 1. The summed E-state index contributed by atoms with van der Waals surface area (Å²) in [7, 11) is 0. The van der Waals surface area contributed by atoms with Gasteiger partial charge in [0.1, 0.15) is 0 Å². The van der Waals surface area contributed by atoms with Crippen molar-refractivity contribution in [1.82, 2.24) is 4.98 Å². The molecule has 0 spiro atoms. The van der Waals surface area contributed by atoms with Crippen LogP contribution in [0.25, 0.3) is 10.9 Å². The number of aromatic amines is 1. The summed E-state index contributed by atoms with van der Waals surface area (Å²) in [5.41, 5.74) is 3.00. The molecule has 0 saturated heterocycles. The number of carbonyl (C=O) groups excluding carboxylic acids is 1. The molecule has 1 N–H and O–H groups in total. The summed E-state index contributed by atoms with van der Waals surface area (Å²) in [5.74, 6) is 0.317. The van der Waals surface area contributed by atoms with E-state index in [0.29, 0.717) is 5.78 Å². The molecule has 1 heterocycles. The maximum atomic E-state index is 12.7. The molecule has 1 aromatic carbocycles. The van der Waals surface area contributed by atoms with Gasteiger partial charge < -0.3 is 4.98 Å². The van der Waals surface area contributed by atoms with Crippen molar-refractivity contribution in [3.05, 3.63) is 35.5 Å². The number of aryl methyl sites for hydroxylation is 1. The minimum absolute atomic E-state index is 0.140. The molecule has 0 amide bonds. The largest absolute Gasteiger partial charge is 0.360 e. The van der Waals surface area contributed by atoms with Crippen molar-refractivity contribution in [2.24, 2.45) is 5.41 Å². The van der Waals surface area contributed by atoms with Crippen LogP contribution >= 0.6 is 0 Å². The maximum absolute atomic E-state index is 12.7. The number of carbonyl (C=O) groups is 1. The van der Waals surface area contributed by atoms with E-state index in [9.17, 15) is 4.79 Å². The van der Waals surface area contributed by atoms with Crippen LogP contribution in [0.4, 0.5) is 0 Å². The minimum atomic E-state index is -0.140. The Labute approximate surface area is 107 Å². The number of H-pyrrole nitrogens is 1. The van der Waals surface area contributed by atoms with Crippen molar-refractivity contribution in [2.45, 2.75) is 39.5 Å². The molecule has 1 aromatic heterocycles. The van der Waals surface area contributed by atoms with Gasteiger partial charge in [0.2, 0.25) is 0 Å². The lowest BCUT2D eigenvalue weighted by molar-refractivity contribution is 0.0825. The van der Waals surface area contributed by atoms with Gasteiger partial charge in [-0.15, -0.1) is 0 Å². The van der Waals surface area contributed by atoms with Crippen LogP contribution in [-0.4, -0.2) is 10.8 Å². The summed E-state index contributed by atoms with van der Waals surface area (Å²) < 4.78 is 0. The second-order valence-corrected chi connectivity index (χ2v) is 5.85. The van der Waals surface area contributed by atoms with Gasteiger partial charge in [-0.05, 0) is 31.9 Å². The Morgan fingerprint density at radius 3 is 2.72 bits per heavy atom. The van der Waals surface area contributed by atoms with Gasteiger partial charge in [0, 0.05) is 28.1 Å². The number of fused-ring (bicyclic) bond motifs is 1. The highest BCUT2D eigenvalue weighted by Crippen LogP contribution is 2.41. The first kappa shape index (κ1) is 11.5. The molecule has 0 unspecified atom stereocenters. The Morgan fingerprint density at radius 2 is 2.00 bits per heavy atom. The fourth-order valence-corrected chi connectivity index (χ4v) is 3.13. The van der Waals surface area contributed by atoms with Crippen LogP contribution in [0.3, 0.4) is 0 Å². The lowest BCUT2D eigenvalue weighted by Gasteiger charge is -2.21. The summed E-state index contributed by atoms with van der Waals surface area (Å²) in [5, 5.41) is 1.08. The second-order valence-electron chi connectivity index (χ2n) is 5.85.